The molecule has 1 unspecified atom stereocenters. The number of aryl methyl sites for hydroxylation is 1. The molecule has 3 N–H and O–H groups in total. The van der Waals surface area contributed by atoms with Crippen molar-refractivity contribution in [3.05, 3.63) is 58.1 Å². The molecule has 23 heavy (non-hydrogen) atoms. The minimum Gasteiger partial charge on any atom is -0.377 e. The number of nitrogens with one attached hydrogen (secondary N) is 1. The standard InChI is InChI=1S/C16H14ClN3O2S/c17-12-2-4-14-10(7-12)1-5-16(14)20-15-6-3-13(23(19,21)22)8-11(15)9-18/h2-4,6-8,16,20H,1,5H2,(H2,19,21,22). The van der Waals surface area contributed by atoms with Crippen LogP contribution in [0.1, 0.15) is 29.2 Å². The molecule has 0 saturated carbocycles. The van der Waals surface area contributed by atoms with Crippen LogP contribution in [0.25, 0.3) is 0 Å². The van der Waals surface area contributed by atoms with Crippen molar-refractivity contribution in [3.63, 3.8) is 0 Å². The van der Waals surface area contributed by atoms with E-state index in [1.54, 1.807) is 6.07 Å². The zero-order valence-electron chi connectivity index (χ0n) is 12.1. The largest absolute Gasteiger partial charge is 0.377 e. The van der Waals surface area contributed by atoms with Gasteiger partial charge in [0.25, 0.3) is 0 Å². The summed E-state index contributed by atoms with van der Waals surface area (Å²) in [5.41, 5.74) is 3.18. The maximum absolute atomic E-state index is 11.4. The lowest BCUT2D eigenvalue weighted by Gasteiger charge is -2.17. The molecule has 0 amide bonds. The van der Waals surface area contributed by atoms with E-state index in [9.17, 15) is 13.7 Å². The predicted octanol–water partition coefficient (Wildman–Crippen LogP) is 2.96. The fourth-order valence-corrected chi connectivity index (χ4v) is 3.58. The second-order valence-electron chi connectivity index (χ2n) is 5.44. The van der Waals surface area contributed by atoms with Gasteiger partial charge in [-0.15, -0.1) is 0 Å². The normalized spacial score (nSPS) is 16.7. The van der Waals surface area contributed by atoms with Crippen LogP contribution >= 0.6 is 11.6 Å². The zero-order valence-corrected chi connectivity index (χ0v) is 13.7. The number of rotatable bonds is 3. The van der Waals surface area contributed by atoms with Gasteiger partial charge in [-0.05, 0) is 54.3 Å². The molecule has 1 atom stereocenters. The van der Waals surface area contributed by atoms with E-state index in [1.807, 2.05) is 24.3 Å². The van der Waals surface area contributed by atoms with E-state index in [0.29, 0.717) is 10.7 Å². The van der Waals surface area contributed by atoms with Crippen molar-refractivity contribution in [2.45, 2.75) is 23.8 Å². The van der Waals surface area contributed by atoms with Crippen LogP contribution in [0.15, 0.2) is 41.3 Å². The second kappa shape index (κ2) is 5.85. The Morgan fingerprint density at radius 1 is 1.26 bits per heavy atom. The van der Waals surface area contributed by atoms with Crippen LogP contribution < -0.4 is 10.5 Å². The van der Waals surface area contributed by atoms with E-state index in [4.69, 9.17) is 16.7 Å². The van der Waals surface area contributed by atoms with Crippen LogP contribution in [0.4, 0.5) is 5.69 Å². The van der Waals surface area contributed by atoms with Crippen molar-refractivity contribution in [2.75, 3.05) is 5.32 Å². The Morgan fingerprint density at radius 2 is 2.04 bits per heavy atom. The number of sulfonamides is 1. The highest BCUT2D eigenvalue weighted by Gasteiger charge is 2.23. The molecule has 0 aliphatic heterocycles. The summed E-state index contributed by atoms with van der Waals surface area (Å²) in [6, 6.07) is 12.1. The lowest BCUT2D eigenvalue weighted by molar-refractivity contribution is 0.598. The molecule has 2 aromatic carbocycles. The third-order valence-electron chi connectivity index (χ3n) is 3.95. The number of nitrogens with two attached hydrogens (primary N) is 1. The number of nitrogens with zero attached hydrogens (tertiary/aromatic N) is 1. The summed E-state index contributed by atoms with van der Waals surface area (Å²) in [4.78, 5) is -0.0711. The molecule has 0 radical (unpaired) electrons. The molecular formula is C16H14ClN3O2S. The maximum Gasteiger partial charge on any atom is 0.238 e. The average molecular weight is 348 g/mol. The minimum atomic E-state index is -3.83. The molecule has 118 valence electrons. The number of anilines is 1. The summed E-state index contributed by atoms with van der Waals surface area (Å²) < 4.78 is 22.8. The number of benzene rings is 2. The Labute approximate surface area is 139 Å². The van der Waals surface area contributed by atoms with E-state index >= 15 is 0 Å². The SMILES string of the molecule is N#Cc1cc(S(N)(=O)=O)ccc1NC1CCc2cc(Cl)ccc21. The van der Waals surface area contributed by atoms with Gasteiger partial charge in [0.15, 0.2) is 0 Å². The monoisotopic (exact) mass is 347 g/mol. The first-order valence-corrected chi connectivity index (χ1v) is 8.93. The van der Waals surface area contributed by atoms with Crippen LogP contribution in [-0.2, 0) is 16.4 Å². The number of nitriles is 1. The Morgan fingerprint density at radius 3 is 2.74 bits per heavy atom. The maximum atomic E-state index is 11.4. The lowest BCUT2D eigenvalue weighted by atomic mass is 10.1. The molecule has 0 aromatic heterocycles. The van der Waals surface area contributed by atoms with Gasteiger partial charge < -0.3 is 5.32 Å². The Bertz CT molecular complexity index is 919. The summed E-state index contributed by atoms with van der Waals surface area (Å²) in [6.07, 6.45) is 1.79. The predicted molar refractivity (Wildman–Crippen MR) is 88.7 cm³/mol. The molecule has 0 fully saturated rings. The quantitative estimate of drug-likeness (QED) is 0.892. The van der Waals surface area contributed by atoms with E-state index in [2.05, 4.69) is 5.32 Å². The molecule has 3 rings (SSSR count). The number of hydrogen-bond donors (Lipinski definition) is 2. The molecule has 0 bridgehead atoms. The van der Waals surface area contributed by atoms with Crippen molar-refractivity contribution in [1.82, 2.24) is 0 Å². The third-order valence-corrected chi connectivity index (χ3v) is 5.10. The van der Waals surface area contributed by atoms with Crippen molar-refractivity contribution in [2.24, 2.45) is 5.14 Å². The number of halogens is 1. The van der Waals surface area contributed by atoms with Gasteiger partial charge in [-0.3, -0.25) is 0 Å². The van der Waals surface area contributed by atoms with Crippen LogP contribution in [0, 0.1) is 11.3 Å². The van der Waals surface area contributed by atoms with Gasteiger partial charge in [0.05, 0.1) is 22.2 Å². The van der Waals surface area contributed by atoms with Gasteiger partial charge >= 0.3 is 0 Å². The fraction of sp³-hybridized carbons (Fsp3) is 0.188. The van der Waals surface area contributed by atoms with Gasteiger partial charge in [0, 0.05) is 5.02 Å². The van der Waals surface area contributed by atoms with Crippen LogP contribution in [0.5, 0.6) is 0 Å². The Hall–Kier alpha value is -2.07. The molecule has 0 saturated heterocycles. The van der Waals surface area contributed by atoms with Crippen LogP contribution in [0.3, 0.4) is 0 Å². The van der Waals surface area contributed by atoms with Crippen LogP contribution in [-0.4, -0.2) is 8.42 Å². The van der Waals surface area contributed by atoms with Crippen molar-refractivity contribution in [1.29, 1.82) is 5.26 Å². The number of fused-ring (bicyclic) bond motifs is 1. The highest BCUT2D eigenvalue weighted by Crippen LogP contribution is 2.36. The van der Waals surface area contributed by atoms with Gasteiger partial charge in [-0.25, -0.2) is 13.6 Å². The minimum absolute atomic E-state index is 0.0645. The molecule has 7 heteroatoms. The number of primary sulfonamides is 1. The summed E-state index contributed by atoms with van der Waals surface area (Å²) in [7, 11) is -3.83. The van der Waals surface area contributed by atoms with E-state index in [0.717, 1.165) is 18.4 Å². The second-order valence-corrected chi connectivity index (χ2v) is 7.44. The molecule has 0 heterocycles. The number of hydrogen-bond acceptors (Lipinski definition) is 4. The summed E-state index contributed by atoms with van der Waals surface area (Å²) in [6.45, 7) is 0. The summed E-state index contributed by atoms with van der Waals surface area (Å²) in [5.74, 6) is 0. The zero-order chi connectivity index (χ0) is 16.6. The smallest absolute Gasteiger partial charge is 0.238 e. The molecule has 2 aromatic rings. The van der Waals surface area contributed by atoms with Crippen molar-refractivity contribution >= 4 is 27.3 Å². The van der Waals surface area contributed by atoms with Gasteiger partial charge in [-0.2, -0.15) is 5.26 Å². The third kappa shape index (κ3) is 3.17. The first-order valence-electron chi connectivity index (χ1n) is 7.00. The Balaban J connectivity index is 1.92. The van der Waals surface area contributed by atoms with E-state index in [-0.39, 0.29) is 16.5 Å². The van der Waals surface area contributed by atoms with E-state index in [1.165, 1.54) is 17.7 Å². The van der Waals surface area contributed by atoms with E-state index < -0.39 is 10.0 Å². The highest BCUT2D eigenvalue weighted by atomic mass is 35.5. The summed E-state index contributed by atoms with van der Waals surface area (Å²) >= 11 is 6.01. The molecule has 1 aliphatic rings. The fourth-order valence-electron chi connectivity index (χ4n) is 2.84. The van der Waals surface area contributed by atoms with Gasteiger partial charge in [-0.1, -0.05) is 17.7 Å². The molecular weight excluding hydrogens is 334 g/mol. The van der Waals surface area contributed by atoms with Crippen LogP contribution in [0.2, 0.25) is 5.02 Å². The summed E-state index contributed by atoms with van der Waals surface area (Å²) in [5, 5.41) is 18.4. The first-order chi connectivity index (χ1) is 10.9. The lowest BCUT2D eigenvalue weighted by Crippen LogP contribution is -2.13. The van der Waals surface area contributed by atoms with Crippen molar-refractivity contribution < 1.29 is 8.42 Å². The van der Waals surface area contributed by atoms with Gasteiger partial charge in [0.2, 0.25) is 10.0 Å². The van der Waals surface area contributed by atoms with Gasteiger partial charge in [0.1, 0.15) is 6.07 Å². The molecule has 0 spiro atoms. The average Bonchev–Trinajstić information content (AvgIpc) is 2.88. The highest BCUT2D eigenvalue weighted by molar-refractivity contribution is 7.89. The molecule has 1 aliphatic carbocycles. The first kappa shape index (κ1) is 15.8. The Kier molecular flexibility index (Phi) is 4.02. The topological polar surface area (TPSA) is 96.0 Å². The van der Waals surface area contributed by atoms with Crippen molar-refractivity contribution in [3.8, 4) is 6.07 Å². The molecule has 5 nitrogen and oxygen atoms in total.